The van der Waals surface area contributed by atoms with Crippen molar-refractivity contribution in [2.45, 2.75) is 12.5 Å². The zero-order valence-electron chi connectivity index (χ0n) is 14.1. The first-order valence-electron chi connectivity index (χ1n) is 8.65. The lowest BCUT2D eigenvalue weighted by Crippen LogP contribution is -2.22. The number of anilines is 1. The van der Waals surface area contributed by atoms with Crippen molar-refractivity contribution in [2.24, 2.45) is 0 Å². The van der Waals surface area contributed by atoms with Crippen LogP contribution in [0, 0.1) is 0 Å². The molecular weight excluding hydrogens is 328 g/mol. The maximum absolute atomic E-state index is 4.76. The van der Waals surface area contributed by atoms with E-state index in [1.54, 1.807) is 6.20 Å². The van der Waals surface area contributed by atoms with Gasteiger partial charge in [0.1, 0.15) is 11.5 Å². The molecule has 0 aliphatic carbocycles. The van der Waals surface area contributed by atoms with E-state index in [0.29, 0.717) is 6.04 Å². The van der Waals surface area contributed by atoms with E-state index >= 15 is 0 Å². The summed E-state index contributed by atoms with van der Waals surface area (Å²) in [6.07, 6.45) is 6.49. The van der Waals surface area contributed by atoms with Gasteiger partial charge in [-0.25, -0.2) is 14.5 Å². The number of imidazole rings is 1. The summed E-state index contributed by atoms with van der Waals surface area (Å²) in [5.74, 6) is 0.872. The molecule has 5 heterocycles. The van der Waals surface area contributed by atoms with Gasteiger partial charge in [-0.05, 0) is 37.2 Å². The summed E-state index contributed by atoms with van der Waals surface area (Å²) in [7, 11) is 0. The molecule has 0 spiro atoms. The van der Waals surface area contributed by atoms with Crippen LogP contribution in [-0.4, -0.2) is 48.9 Å². The van der Waals surface area contributed by atoms with Gasteiger partial charge in [0.15, 0.2) is 5.65 Å². The molecule has 4 aromatic rings. The third-order valence-corrected chi connectivity index (χ3v) is 4.58. The molecule has 0 saturated carbocycles. The number of rotatable bonds is 4. The van der Waals surface area contributed by atoms with E-state index in [1.807, 2.05) is 47.2 Å². The van der Waals surface area contributed by atoms with Crippen molar-refractivity contribution in [3.05, 3.63) is 48.9 Å². The van der Waals surface area contributed by atoms with Gasteiger partial charge in [0, 0.05) is 24.3 Å². The molecule has 4 aromatic heterocycles. The molecule has 0 aromatic carbocycles. The lowest BCUT2D eigenvalue weighted by molar-refractivity contribution is 0.788. The lowest BCUT2D eigenvalue weighted by Gasteiger charge is -2.12. The van der Waals surface area contributed by atoms with Gasteiger partial charge >= 0.3 is 0 Å². The van der Waals surface area contributed by atoms with Crippen LogP contribution in [0.15, 0.2) is 48.9 Å². The Morgan fingerprint density at radius 2 is 2.12 bits per heavy atom. The van der Waals surface area contributed by atoms with Crippen LogP contribution in [0.1, 0.15) is 6.42 Å². The highest BCUT2D eigenvalue weighted by Crippen LogP contribution is 2.22. The summed E-state index contributed by atoms with van der Waals surface area (Å²) in [6.45, 7) is 2.02. The quantitative estimate of drug-likeness (QED) is 0.523. The maximum atomic E-state index is 4.76. The van der Waals surface area contributed by atoms with E-state index in [9.17, 15) is 0 Å². The Morgan fingerprint density at radius 3 is 2.96 bits per heavy atom. The minimum atomic E-state index is 0.422. The summed E-state index contributed by atoms with van der Waals surface area (Å²) < 4.78 is 1.82. The van der Waals surface area contributed by atoms with Crippen LogP contribution in [0.25, 0.3) is 28.3 Å². The topological polar surface area (TPSA) is 95.8 Å². The summed E-state index contributed by atoms with van der Waals surface area (Å²) in [6, 6.07) is 10.3. The number of nitrogens with zero attached hydrogens (tertiary/aromatic N) is 5. The molecule has 1 atom stereocenters. The highest BCUT2D eigenvalue weighted by atomic mass is 15.3. The molecule has 26 heavy (non-hydrogen) atoms. The Labute approximate surface area is 149 Å². The molecule has 0 radical (unpaired) electrons. The van der Waals surface area contributed by atoms with Crippen molar-refractivity contribution in [2.75, 3.05) is 18.4 Å². The zero-order chi connectivity index (χ0) is 17.3. The van der Waals surface area contributed by atoms with Crippen LogP contribution < -0.4 is 10.6 Å². The molecule has 8 nitrogen and oxygen atoms in total. The Bertz CT molecular complexity index is 1030. The van der Waals surface area contributed by atoms with Crippen molar-refractivity contribution in [1.82, 2.24) is 35.1 Å². The predicted molar refractivity (Wildman–Crippen MR) is 98.7 cm³/mol. The molecular formula is C18H18N8. The van der Waals surface area contributed by atoms with Gasteiger partial charge in [-0.3, -0.25) is 5.10 Å². The van der Waals surface area contributed by atoms with E-state index in [4.69, 9.17) is 10.1 Å². The van der Waals surface area contributed by atoms with Crippen LogP contribution >= 0.6 is 0 Å². The van der Waals surface area contributed by atoms with Gasteiger partial charge in [-0.2, -0.15) is 10.2 Å². The lowest BCUT2D eigenvalue weighted by atomic mass is 10.2. The van der Waals surface area contributed by atoms with E-state index < -0.39 is 0 Å². The number of hydrogen-bond donors (Lipinski definition) is 3. The Kier molecular flexibility index (Phi) is 3.60. The molecule has 0 amide bonds. The first-order chi connectivity index (χ1) is 12.9. The standard InChI is InChI=1S/C18H18N8/c1-2-15(24-17(3-1)23-13-6-7-19-10-13)16-11-20-18-5-4-14(25-26(16)18)12-8-21-22-9-12/h1-5,8-9,11,13,19H,6-7,10H2,(H,21,22)(H,23,24). The minimum Gasteiger partial charge on any atom is -0.366 e. The number of fused-ring (bicyclic) bond motifs is 1. The normalized spacial score (nSPS) is 17.0. The third-order valence-electron chi connectivity index (χ3n) is 4.58. The fourth-order valence-corrected chi connectivity index (χ4v) is 3.24. The van der Waals surface area contributed by atoms with E-state index in [2.05, 4.69) is 25.8 Å². The summed E-state index contributed by atoms with van der Waals surface area (Å²) in [5.41, 5.74) is 4.25. The molecule has 1 aliphatic heterocycles. The van der Waals surface area contributed by atoms with Gasteiger partial charge in [0.05, 0.1) is 23.8 Å². The highest BCUT2D eigenvalue weighted by molar-refractivity contribution is 5.64. The Balaban J connectivity index is 1.53. The fourth-order valence-electron chi connectivity index (χ4n) is 3.24. The average Bonchev–Trinajstić information content (AvgIpc) is 3.43. The average molecular weight is 346 g/mol. The number of nitrogens with one attached hydrogen (secondary N) is 3. The molecule has 1 unspecified atom stereocenters. The van der Waals surface area contributed by atoms with E-state index in [0.717, 1.165) is 53.6 Å². The van der Waals surface area contributed by atoms with E-state index in [1.165, 1.54) is 0 Å². The van der Waals surface area contributed by atoms with Crippen molar-refractivity contribution in [3.8, 4) is 22.6 Å². The summed E-state index contributed by atoms with van der Waals surface area (Å²) >= 11 is 0. The van der Waals surface area contributed by atoms with Gasteiger partial charge < -0.3 is 10.6 Å². The van der Waals surface area contributed by atoms with Crippen molar-refractivity contribution >= 4 is 11.5 Å². The largest absolute Gasteiger partial charge is 0.366 e. The fraction of sp³-hybridized carbons (Fsp3) is 0.222. The molecule has 8 heteroatoms. The number of H-pyrrole nitrogens is 1. The first kappa shape index (κ1) is 15.0. The van der Waals surface area contributed by atoms with Crippen molar-refractivity contribution < 1.29 is 0 Å². The van der Waals surface area contributed by atoms with Crippen molar-refractivity contribution in [1.29, 1.82) is 0 Å². The second kappa shape index (κ2) is 6.23. The molecule has 130 valence electrons. The van der Waals surface area contributed by atoms with Gasteiger partial charge in [0.2, 0.25) is 0 Å². The van der Waals surface area contributed by atoms with Gasteiger partial charge in [-0.1, -0.05) is 6.07 Å². The summed E-state index contributed by atoms with van der Waals surface area (Å²) in [4.78, 5) is 9.22. The number of aromatic amines is 1. The third kappa shape index (κ3) is 2.70. The smallest absolute Gasteiger partial charge is 0.154 e. The Morgan fingerprint density at radius 1 is 1.12 bits per heavy atom. The maximum Gasteiger partial charge on any atom is 0.154 e. The molecule has 1 saturated heterocycles. The van der Waals surface area contributed by atoms with Crippen LogP contribution in [0.3, 0.4) is 0 Å². The highest BCUT2D eigenvalue weighted by Gasteiger charge is 2.15. The number of pyridine rings is 1. The monoisotopic (exact) mass is 346 g/mol. The first-order valence-corrected chi connectivity index (χ1v) is 8.65. The Hall–Kier alpha value is -3.26. The molecule has 3 N–H and O–H groups in total. The van der Waals surface area contributed by atoms with Crippen molar-refractivity contribution in [3.63, 3.8) is 0 Å². The van der Waals surface area contributed by atoms with Crippen LogP contribution in [0.5, 0.6) is 0 Å². The molecule has 1 fully saturated rings. The van der Waals surface area contributed by atoms with Crippen LogP contribution in [0.2, 0.25) is 0 Å². The SMILES string of the molecule is c1cc(NC2CCNC2)nc(-c2cnc3ccc(-c4cn[nH]c4)nn23)c1. The molecule has 1 aliphatic rings. The number of aromatic nitrogens is 6. The minimum absolute atomic E-state index is 0.422. The number of hydrogen-bond acceptors (Lipinski definition) is 6. The zero-order valence-corrected chi connectivity index (χ0v) is 14.1. The van der Waals surface area contributed by atoms with Crippen LogP contribution in [-0.2, 0) is 0 Å². The predicted octanol–water partition coefficient (Wildman–Crippen LogP) is 1.96. The second-order valence-corrected chi connectivity index (χ2v) is 6.36. The molecule has 5 rings (SSSR count). The van der Waals surface area contributed by atoms with Crippen LogP contribution in [0.4, 0.5) is 5.82 Å². The van der Waals surface area contributed by atoms with E-state index in [-0.39, 0.29) is 0 Å². The van der Waals surface area contributed by atoms with Gasteiger partial charge in [0.25, 0.3) is 0 Å². The van der Waals surface area contributed by atoms with Gasteiger partial charge in [-0.15, -0.1) is 0 Å². The second-order valence-electron chi connectivity index (χ2n) is 6.36. The molecule has 0 bridgehead atoms. The summed E-state index contributed by atoms with van der Waals surface area (Å²) in [5, 5.41) is 18.4.